The summed E-state index contributed by atoms with van der Waals surface area (Å²) in [7, 11) is 0.331. The van der Waals surface area contributed by atoms with Crippen LogP contribution < -0.4 is 0 Å². The van der Waals surface area contributed by atoms with Crippen LogP contribution in [0, 0.1) is 11.5 Å². The Morgan fingerprint density at radius 3 is 2.55 bits per heavy atom. The first-order valence-corrected chi connectivity index (χ1v) is 6.80. The van der Waals surface area contributed by atoms with Gasteiger partial charge in [-0.15, -0.1) is 0 Å². The first-order valence-electron chi connectivity index (χ1n) is 3.68. The van der Waals surface area contributed by atoms with Crippen LogP contribution in [0.2, 0.25) is 19.1 Å². The van der Waals surface area contributed by atoms with Gasteiger partial charge in [0.2, 0.25) is 0 Å². The quantitative estimate of drug-likeness (QED) is 0.361. The summed E-state index contributed by atoms with van der Waals surface area (Å²) in [5.41, 5.74) is 0. The highest BCUT2D eigenvalue weighted by Crippen LogP contribution is 2.11. The highest BCUT2D eigenvalue weighted by atomic mass is 28.4. The van der Waals surface area contributed by atoms with E-state index in [1.807, 2.05) is 0 Å². The van der Waals surface area contributed by atoms with Gasteiger partial charge in [0, 0.05) is 7.11 Å². The fourth-order valence-electron chi connectivity index (χ4n) is 0.718. The second-order valence-electron chi connectivity index (χ2n) is 3.01. The van der Waals surface area contributed by atoms with Crippen molar-refractivity contribution in [3.8, 4) is 6.26 Å². The highest BCUT2D eigenvalue weighted by Gasteiger charge is 2.19. The van der Waals surface area contributed by atoms with Crippen molar-refractivity contribution in [2.45, 2.75) is 25.6 Å². The van der Waals surface area contributed by atoms with E-state index in [4.69, 9.17) is 9.69 Å². The van der Waals surface area contributed by atoms with Crippen LogP contribution in [0.1, 0.15) is 6.42 Å². The van der Waals surface area contributed by atoms with E-state index in [0.29, 0.717) is 6.61 Å². The van der Waals surface area contributed by atoms with Crippen LogP contribution in [0.15, 0.2) is 0 Å². The van der Waals surface area contributed by atoms with Crippen molar-refractivity contribution < 1.29 is 9.16 Å². The lowest BCUT2D eigenvalue weighted by Gasteiger charge is -2.18. The third kappa shape index (κ3) is 5.89. The van der Waals surface area contributed by atoms with Gasteiger partial charge in [-0.05, 0) is 25.6 Å². The van der Waals surface area contributed by atoms with Crippen molar-refractivity contribution in [1.82, 2.24) is 0 Å². The average molecular weight is 173 g/mol. The maximum atomic E-state index is 8.06. The van der Waals surface area contributed by atoms with Gasteiger partial charge < -0.3 is 9.16 Å². The largest absolute Gasteiger partial charge is 0.428 e. The SMILES string of the molecule is CO[Si](C)(C)CCCOC#N. The smallest absolute Gasteiger partial charge is 0.286 e. The Balaban J connectivity index is 3.32. The van der Waals surface area contributed by atoms with Crippen molar-refractivity contribution in [3.63, 3.8) is 0 Å². The maximum absolute atomic E-state index is 8.06. The second kappa shape index (κ2) is 5.16. The van der Waals surface area contributed by atoms with E-state index in [0.717, 1.165) is 12.5 Å². The van der Waals surface area contributed by atoms with Crippen molar-refractivity contribution in [1.29, 1.82) is 5.26 Å². The van der Waals surface area contributed by atoms with Crippen molar-refractivity contribution >= 4 is 8.32 Å². The molecule has 0 saturated carbocycles. The lowest BCUT2D eigenvalue weighted by Crippen LogP contribution is -2.28. The maximum Gasteiger partial charge on any atom is 0.286 e. The Morgan fingerprint density at radius 2 is 2.09 bits per heavy atom. The lowest BCUT2D eigenvalue weighted by atomic mass is 10.5. The van der Waals surface area contributed by atoms with Gasteiger partial charge in [-0.2, -0.15) is 5.26 Å². The lowest BCUT2D eigenvalue weighted by molar-refractivity contribution is 0.267. The molecular formula is C7H15NO2Si. The van der Waals surface area contributed by atoms with Crippen molar-refractivity contribution in [2.75, 3.05) is 13.7 Å². The molecule has 0 fully saturated rings. The molecule has 0 radical (unpaired) electrons. The molecule has 0 aromatic carbocycles. The van der Waals surface area contributed by atoms with Gasteiger partial charge in [0.05, 0.1) is 0 Å². The second-order valence-corrected chi connectivity index (χ2v) is 7.43. The molecule has 0 unspecified atom stereocenters. The van der Waals surface area contributed by atoms with Crippen LogP contribution >= 0.6 is 0 Å². The van der Waals surface area contributed by atoms with Crippen LogP contribution in [0.25, 0.3) is 0 Å². The molecule has 0 bridgehead atoms. The standard InChI is InChI=1S/C7H15NO2Si/c1-9-11(2,3)6-4-5-10-7-8/h4-6H2,1-3H3. The molecule has 0 spiro atoms. The normalized spacial score (nSPS) is 10.7. The third-order valence-corrected chi connectivity index (χ3v) is 4.31. The fraction of sp³-hybridized carbons (Fsp3) is 0.857. The molecule has 0 aliphatic carbocycles. The molecule has 0 aliphatic heterocycles. The molecule has 0 heterocycles. The summed E-state index contributed by atoms with van der Waals surface area (Å²) in [5.74, 6) is 0. The Hall–Kier alpha value is -0.533. The number of hydrogen-bond acceptors (Lipinski definition) is 3. The van der Waals surface area contributed by atoms with Crippen LogP contribution in [0.5, 0.6) is 0 Å². The molecule has 0 aromatic rings. The van der Waals surface area contributed by atoms with Crippen molar-refractivity contribution in [2.24, 2.45) is 0 Å². The summed E-state index contributed by atoms with van der Waals surface area (Å²) in [6.07, 6.45) is 2.56. The highest BCUT2D eigenvalue weighted by molar-refractivity contribution is 6.71. The van der Waals surface area contributed by atoms with E-state index < -0.39 is 8.32 Å². The van der Waals surface area contributed by atoms with Gasteiger partial charge in [0.1, 0.15) is 6.61 Å². The summed E-state index contributed by atoms with van der Waals surface area (Å²) in [6.45, 7) is 4.83. The molecule has 0 amide bonds. The Morgan fingerprint density at radius 1 is 1.45 bits per heavy atom. The monoisotopic (exact) mass is 173 g/mol. The molecular weight excluding hydrogens is 158 g/mol. The number of nitrogens with zero attached hydrogens (tertiary/aromatic N) is 1. The average Bonchev–Trinajstić information content (AvgIpc) is 1.99. The Bertz CT molecular complexity index is 142. The van der Waals surface area contributed by atoms with E-state index in [2.05, 4.69) is 17.8 Å². The van der Waals surface area contributed by atoms with Gasteiger partial charge in [-0.1, -0.05) is 0 Å². The van der Waals surface area contributed by atoms with E-state index >= 15 is 0 Å². The van der Waals surface area contributed by atoms with Gasteiger partial charge >= 0.3 is 0 Å². The first-order chi connectivity index (χ1) is 5.12. The fourth-order valence-corrected chi connectivity index (χ4v) is 1.92. The topological polar surface area (TPSA) is 42.2 Å². The van der Waals surface area contributed by atoms with E-state index in [1.165, 1.54) is 0 Å². The predicted octanol–water partition coefficient (Wildman–Crippen LogP) is 1.73. The summed E-state index contributed by atoms with van der Waals surface area (Å²) in [6, 6.07) is 1.05. The molecule has 4 heteroatoms. The van der Waals surface area contributed by atoms with Crippen LogP contribution in [-0.4, -0.2) is 22.0 Å². The molecule has 0 aromatic heterocycles. The molecule has 0 N–H and O–H groups in total. The zero-order chi connectivity index (χ0) is 8.74. The molecule has 0 atom stereocenters. The summed E-state index contributed by atoms with van der Waals surface area (Å²) in [4.78, 5) is 0. The molecule has 0 rings (SSSR count). The van der Waals surface area contributed by atoms with Gasteiger partial charge in [0.25, 0.3) is 6.26 Å². The number of hydrogen-bond donors (Lipinski definition) is 0. The van der Waals surface area contributed by atoms with E-state index in [9.17, 15) is 0 Å². The molecule has 0 saturated heterocycles. The first kappa shape index (κ1) is 10.5. The number of ether oxygens (including phenoxy) is 1. The van der Waals surface area contributed by atoms with Gasteiger partial charge in [-0.3, -0.25) is 0 Å². The number of nitriles is 1. The minimum atomic E-state index is -1.42. The van der Waals surface area contributed by atoms with Gasteiger partial charge in [-0.25, -0.2) is 0 Å². The minimum absolute atomic E-state index is 0.524. The molecule has 64 valence electrons. The van der Waals surface area contributed by atoms with Crippen molar-refractivity contribution in [3.05, 3.63) is 0 Å². The number of rotatable bonds is 5. The zero-order valence-corrected chi connectivity index (χ0v) is 8.39. The Kier molecular flexibility index (Phi) is 4.91. The zero-order valence-electron chi connectivity index (χ0n) is 7.39. The van der Waals surface area contributed by atoms with Crippen LogP contribution in [0.3, 0.4) is 0 Å². The molecule has 11 heavy (non-hydrogen) atoms. The van der Waals surface area contributed by atoms with E-state index in [-0.39, 0.29) is 0 Å². The summed E-state index contributed by atoms with van der Waals surface area (Å²) >= 11 is 0. The van der Waals surface area contributed by atoms with Crippen LogP contribution in [-0.2, 0) is 9.16 Å². The predicted molar refractivity (Wildman–Crippen MR) is 45.5 cm³/mol. The third-order valence-electron chi connectivity index (χ3n) is 1.64. The molecule has 0 aliphatic rings. The Labute approximate surface area is 69.1 Å². The minimum Gasteiger partial charge on any atom is -0.428 e. The summed E-state index contributed by atoms with van der Waals surface area (Å²) < 4.78 is 9.86. The van der Waals surface area contributed by atoms with Crippen LogP contribution in [0.4, 0.5) is 0 Å². The summed E-state index contributed by atoms with van der Waals surface area (Å²) in [5, 5.41) is 8.06. The van der Waals surface area contributed by atoms with E-state index in [1.54, 1.807) is 13.4 Å². The van der Waals surface area contributed by atoms with Gasteiger partial charge in [0.15, 0.2) is 8.32 Å². The molecule has 3 nitrogen and oxygen atoms in total.